The molecular formula is C16H21FN2. The van der Waals surface area contributed by atoms with Crippen LogP contribution in [0.2, 0.25) is 0 Å². The second-order valence-electron chi connectivity index (χ2n) is 6.17. The molecule has 3 rings (SSSR count). The SMILES string of the molecule is CC(C)c1cn2c3c(cc(F)cc13)C[C@@H](N(C)C)C2. The van der Waals surface area contributed by atoms with Gasteiger partial charge in [-0.1, -0.05) is 13.8 Å². The quantitative estimate of drug-likeness (QED) is 0.803. The summed E-state index contributed by atoms with van der Waals surface area (Å²) in [4.78, 5) is 2.23. The number of hydrogen-bond donors (Lipinski definition) is 0. The molecule has 3 heteroatoms. The summed E-state index contributed by atoms with van der Waals surface area (Å²) >= 11 is 0. The van der Waals surface area contributed by atoms with Gasteiger partial charge in [0.25, 0.3) is 0 Å². The van der Waals surface area contributed by atoms with Crippen molar-refractivity contribution in [2.75, 3.05) is 14.1 Å². The third kappa shape index (κ3) is 1.96. The van der Waals surface area contributed by atoms with E-state index in [1.807, 2.05) is 0 Å². The Kier molecular flexibility index (Phi) is 2.90. The molecular weight excluding hydrogens is 239 g/mol. The van der Waals surface area contributed by atoms with Crippen LogP contribution in [0.4, 0.5) is 4.39 Å². The Bertz CT molecular complexity index is 625. The van der Waals surface area contributed by atoms with E-state index in [1.165, 1.54) is 11.1 Å². The fourth-order valence-electron chi connectivity index (χ4n) is 3.17. The lowest BCUT2D eigenvalue weighted by molar-refractivity contribution is 0.258. The number of aromatic nitrogens is 1. The maximum absolute atomic E-state index is 13.9. The van der Waals surface area contributed by atoms with Gasteiger partial charge in [-0.15, -0.1) is 0 Å². The number of nitrogens with zero attached hydrogens (tertiary/aromatic N) is 2. The highest BCUT2D eigenvalue weighted by Crippen LogP contribution is 2.34. The minimum absolute atomic E-state index is 0.110. The van der Waals surface area contributed by atoms with Crippen LogP contribution in [0, 0.1) is 5.82 Å². The van der Waals surface area contributed by atoms with Crippen LogP contribution in [0.5, 0.6) is 0 Å². The Hall–Kier alpha value is -1.35. The molecule has 0 amide bonds. The van der Waals surface area contributed by atoms with Gasteiger partial charge in [0.1, 0.15) is 5.82 Å². The molecule has 0 radical (unpaired) electrons. The van der Waals surface area contributed by atoms with Crippen molar-refractivity contribution in [3.63, 3.8) is 0 Å². The summed E-state index contributed by atoms with van der Waals surface area (Å²) in [5.74, 6) is 0.316. The molecule has 2 heterocycles. The van der Waals surface area contributed by atoms with Crippen LogP contribution in [0.15, 0.2) is 18.3 Å². The Morgan fingerprint density at radius 2 is 2.05 bits per heavy atom. The molecule has 1 aromatic heterocycles. The molecule has 0 saturated carbocycles. The Labute approximate surface area is 113 Å². The first-order valence-electron chi connectivity index (χ1n) is 6.95. The molecule has 19 heavy (non-hydrogen) atoms. The molecule has 1 aliphatic rings. The van der Waals surface area contributed by atoms with E-state index in [-0.39, 0.29) is 5.82 Å². The van der Waals surface area contributed by atoms with Gasteiger partial charge in [0.05, 0.1) is 5.52 Å². The van der Waals surface area contributed by atoms with E-state index >= 15 is 0 Å². The highest BCUT2D eigenvalue weighted by molar-refractivity contribution is 5.88. The van der Waals surface area contributed by atoms with Gasteiger partial charge in [-0.2, -0.15) is 0 Å². The van der Waals surface area contributed by atoms with Crippen LogP contribution >= 0.6 is 0 Å². The Morgan fingerprint density at radius 1 is 1.32 bits per heavy atom. The smallest absolute Gasteiger partial charge is 0.124 e. The average Bonchev–Trinajstić information content (AvgIpc) is 2.68. The van der Waals surface area contributed by atoms with E-state index < -0.39 is 0 Å². The summed E-state index contributed by atoms with van der Waals surface area (Å²) in [6.45, 7) is 5.34. The van der Waals surface area contributed by atoms with Crippen LogP contribution in [-0.2, 0) is 13.0 Å². The summed E-state index contributed by atoms with van der Waals surface area (Å²) in [6, 6.07) is 3.85. The van der Waals surface area contributed by atoms with Gasteiger partial charge in [0, 0.05) is 24.2 Å². The number of hydrogen-bond acceptors (Lipinski definition) is 1. The van der Waals surface area contributed by atoms with E-state index in [0.717, 1.165) is 23.9 Å². The Morgan fingerprint density at radius 3 is 2.68 bits per heavy atom. The first-order chi connectivity index (χ1) is 8.97. The van der Waals surface area contributed by atoms with Gasteiger partial charge in [-0.3, -0.25) is 0 Å². The van der Waals surface area contributed by atoms with Crippen LogP contribution < -0.4 is 0 Å². The minimum Gasteiger partial charge on any atom is -0.345 e. The van der Waals surface area contributed by atoms with Crippen molar-refractivity contribution in [1.29, 1.82) is 0 Å². The third-order valence-electron chi connectivity index (χ3n) is 4.26. The first-order valence-corrected chi connectivity index (χ1v) is 6.95. The van der Waals surface area contributed by atoms with Crippen molar-refractivity contribution < 1.29 is 4.39 Å². The zero-order valence-electron chi connectivity index (χ0n) is 12.1. The van der Waals surface area contributed by atoms with Gasteiger partial charge in [-0.05, 0) is 49.7 Å². The topological polar surface area (TPSA) is 8.17 Å². The highest BCUT2D eigenvalue weighted by Gasteiger charge is 2.25. The predicted molar refractivity (Wildman–Crippen MR) is 77.2 cm³/mol. The van der Waals surface area contributed by atoms with Crippen molar-refractivity contribution in [1.82, 2.24) is 9.47 Å². The van der Waals surface area contributed by atoms with Crippen LogP contribution in [-0.4, -0.2) is 29.6 Å². The second-order valence-corrected chi connectivity index (χ2v) is 6.17. The molecule has 2 nitrogen and oxygen atoms in total. The van der Waals surface area contributed by atoms with Crippen molar-refractivity contribution in [3.8, 4) is 0 Å². The zero-order valence-corrected chi connectivity index (χ0v) is 12.1. The number of rotatable bonds is 2. The lowest BCUT2D eigenvalue weighted by Crippen LogP contribution is -2.36. The van der Waals surface area contributed by atoms with E-state index in [9.17, 15) is 4.39 Å². The van der Waals surface area contributed by atoms with Crippen molar-refractivity contribution in [2.45, 2.75) is 38.8 Å². The fourth-order valence-corrected chi connectivity index (χ4v) is 3.17. The van der Waals surface area contributed by atoms with E-state index in [4.69, 9.17) is 0 Å². The fraction of sp³-hybridized carbons (Fsp3) is 0.500. The summed E-state index contributed by atoms with van der Waals surface area (Å²) in [5.41, 5.74) is 3.64. The lowest BCUT2D eigenvalue weighted by Gasteiger charge is -2.29. The zero-order chi connectivity index (χ0) is 13.7. The molecule has 0 N–H and O–H groups in total. The summed E-state index contributed by atoms with van der Waals surface area (Å²) < 4.78 is 16.2. The van der Waals surface area contributed by atoms with Gasteiger partial charge >= 0.3 is 0 Å². The highest BCUT2D eigenvalue weighted by atomic mass is 19.1. The molecule has 0 spiro atoms. The number of benzene rings is 1. The maximum atomic E-state index is 13.9. The molecule has 0 aliphatic carbocycles. The van der Waals surface area contributed by atoms with Gasteiger partial charge in [0.2, 0.25) is 0 Å². The Balaban J connectivity index is 2.23. The molecule has 1 atom stereocenters. The molecule has 0 saturated heterocycles. The molecule has 2 aromatic rings. The predicted octanol–water partition coefficient (Wildman–Crippen LogP) is 3.39. The maximum Gasteiger partial charge on any atom is 0.124 e. The molecule has 1 aromatic carbocycles. The van der Waals surface area contributed by atoms with E-state index in [2.05, 4.69) is 43.6 Å². The average molecular weight is 260 g/mol. The molecule has 0 unspecified atom stereocenters. The van der Waals surface area contributed by atoms with Crippen LogP contribution in [0.1, 0.15) is 30.9 Å². The third-order valence-corrected chi connectivity index (χ3v) is 4.26. The molecule has 0 fully saturated rings. The molecule has 1 aliphatic heterocycles. The first kappa shape index (κ1) is 12.7. The van der Waals surface area contributed by atoms with Crippen LogP contribution in [0.3, 0.4) is 0 Å². The number of likely N-dealkylation sites (N-methyl/N-ethyl adjacent to an activating group) is 1. The van der Waals surface area contributed by atoms with Crippen molar-refractivity contribution in [3.05, 3.63) is 35.3 Å². The summed E-state index contributed by atoms with van der Waals surface area (Å²) in [7, 11) is 4.19. The largest absolute Gasteiger partial charge is 0.345 e. The standard InChI is InChI=1S/C16H21FN2/c1-10(2)15-9-19-8-13(18(3)4)6-11-5-12(17)7-14(15)16(11)19/h5,7,9-10,13H,6,8H2,1-4H3/t13-/m1/s1. The minimum atomic E-state index is -0.110. The van der Waals surface area contributed by atoms with E-state index in [1.54, 1.807) is 12.1 Å². The normalized spacial score (nSPS) is 18.8. The number of halogens is 1. The molecule has 102 valence electrons. The molecule has 0 bridgehead atoms. The van der Waals surface area contributed by atoms with Crippen molar-refractivity contribution in [2.24, 2.45) is 0 Å². The lowest BCUT2D eigenvalue weighted by atomic mass is 9.96. The van der Waals surface area contributed by atoms with E-state index in [0.29, 0.717) is 12.0 Å². The van der Waals surface area contributed by atoms with Crippen LogP contribution in [0.25, 0.3) is 10.9 Å². The van der Waals surface area contributed by atoms with Gasteiger partial charge in [-0.25, -0.2) is 4.39 Å². The van der Waals surface area contributed by atoms with Gasteiger partial charge in [0.15, 0.2) is 0 Å². The second kappa shape index (κ2) is 4.34. The monoisotopic (exact) mass is 260 g/mol. The van der Waals surface area contributed by atoms with Gasteiger partial charge < -0.3 is 9.47 Å². The summed E-state index contributed by atoms with van der Waals surface area (Å²) in [5, 5.41) is 1.10. The van der Waals surface area contributed by atoms with Crippen molar-refractivity contribution >= 4 is 10.9 Å². The summed E-state index contributed by atoms with van der Waals surface area (Å²) in [6.07, 6.45) is 3.15.